The third kappa shape index (κ3) is 4.63. The average molecular weight is 339 g/mol. The lowest BCUT2D eigenvalue weighted by Gasteiger charge is -2.22. The number of rotatable bonds is 4. The number of benzene rings is 1. The molecule has 0 aliphatic carbocycles. The number of nitrogens with one attached hydrogen (secondary N) is 2. The second-order valence-electron chi connectivity index (χ2n) is 6.24. The molecule has 0 saturated heterocycles. The molecule has 6 nitrogen and oxygen atoms in total. The molecule has 124 valence electrons. The van der Waals surface area contributed by atoms with E-state index in [0.29, 0.717) is 5.02 Å². The number of fused-ring (bicyclic) bond motifs is 1. The molecule has 1 atom stereocenters. The number of amides is 1. The zero-order valence-electron chi connectivity index (χ0n) is 13.1. The van der Waals surface area contributed by atoms with Gasteiger partial charge in [-0.2, -0.15) is 0 Å². The number of carbonyl (C=O) groups excluding carboxylic acids is 1. The van der Waals surface area contributed by atoms with Crippen LogP contribution in [0.25, 0.3) is 10.9 Å². The maximum absolute atomic E-state index is 11.8. The van der Waals surface area contributed by atoms with Crippen molar-refractivity contribution in [3.63, 3.8) is 0 Å². The first-order valence-electron chi connectivity index (χ1n) is 7.13. The highest BCUT2D eigenvalue weighted by atomic mass is 35.5. The fourth-order valence-electron chi connectivity index (χ4n) is 2.19. The van der Waals surface area contributed by atoms with E-state index in [1.807, 2.05) is 6.07 Å². The lowest BCUT2D eigenvalue weighted by Crippen LogP contribution is -2.44. The second kappa shape index (κ2) is 6.50. The smallest absolute Gasteiger partial charge is 0.408 e. The van der Waals surface area contributed by atoms with E-state index in [2.05, 4.69) is 10.3 Å². The molecule has 0 aliphatic heterocycles. The van der Waals surface area contributed by atoms with Gasteiger partial charge < -0.3 is 20.1 Å². The van der Waals surface area contributed by atoms with Gasteiger partial charge in [0, 0.05) is 28.5 Å². The van der Waals surface area contributed by atoms with Crippen LogP contribution in [0.1, 0.15) is 26.3 Å². The lowest BCUT2D eigenvalue weighted by molar-refractivity contribution is -0.139. The van der Waals surface area contributed by atoms with Crippen molar-refractivity contribution >= 4 is 34.6 Å². The van der Waals surface area contributed by atoms with Gasteiger partial charge >= 0.3 is 12.1 Å². The molecule has 1 aromatic heterocycles. The molecular formula is C16H19ClN2O4. The van der Waals surface area contributed by atoms with E-state index < -0.39 is 23.7 Å². The predicted octanol–water partition coefficient (Wildman–Crippen LogP) is 3.34. The molecule has 23 heavy (non-hydrogen) atoms. The van der Waals surface area contributed by atoms with Crippen LogP contribution in [-0.4, -0.2) is 33.8 Å². The van der Waals surface area contributed by atoms with Gasteiger partial charge in [-0.15, -0.1) is 0 Å². The first-order chi connectivity index (χ1) is 10.7. The summed E-state index contributed by atoms with van der Waals surface area (Å²) < 4.78 is 5.10. The van der Waals surface area contributed by atoms with Crippen LogP contribution >= 0.6 is 11.6 Å². The van der Waals surface area contributed by atoms with Gasteiger partial charge in [-0.3, -0.25) is 0 Å². The molecule has 0 spiro atoms. The molecule has 0 radical (unpaired) electrons. The van der Waals surface area contributed by atoms with Crippen molar-refractivity contribution in [2.45, 2.75) is 38.8 Å². The van der Waals surface area contributed by atoms with Crippen LogP contribution in [0.3, 0.4) is 0 Å². The Balaban J connectivity index is 2.17. The maximum Gasteiger partial charge on any atom is 0.408 e. The van der Waals surface area contributed by atoms with Gasteiger partial charge in [0.25, 0.3) is 0 Å². The van der Waals surface area contributed by atoms with Gasteiger partial charge in [0.05, 0.1) is 0 Å². The number of halogens is 1. The van der Waals surface area contributed by atoms with E-state index >= 15 is 0 Å². The summed E-state index contributed by atoms with van der Waals surface area (Å²) in [4.78, 5) is 26.3. The Morgan fingerprint density at radius 3 is 2.70 bits per heavy atom. The number of hydrogen-bond acceptors (Lipinski definition) is 3. The third-order valence-corrected chi connectivity index (χ3v) is 3.38. The van der Waals surface area contributed by atoms with Crippen LogP contribution in [0.4, 0.5) is 4.79 Å². The van der Waals surface area contributed by atoms with Crippen LogP contribution in [0.15, 0.2) is 24.4 Å². The minimum atomic E-state index is -1.13. The Bertz CT molecular complexity index is 733. The first-order valence-corrected chi connectivity index (χ1v) is 7.51. The number of aliphatic carboxylic acids is 1. The Labute approximate surface area is 138 Å². The van der Waals surface area contributed by atoms with E-state index in [-0.39, 0.29) is 6.42 Å². The van der Waals surface area contributed by atoms with E-state index in [1.54, 1.807) is 39.1 Å². The molecule has 2 rings (SSSR count). The standard InChI is InChI=1S/C16H19ClN2O4/c1-16(2,3)23-15(22)19-13(14(20)21)6-9-8-18-12-5-4-10(17)7-11(9)12/h4-5,7-8,13,18H,6H2,1-3H3,(H,19,22)(H,20,21). The van der Waals surface area contributed by atoms with E-state index in [4.69, 9.17) is 16.3 Å². The van der Waals surface area contributed by atoms with Crippen LogP contribution in [0.2, 0.25) is 5.02 Å². The van der Waals surface area contributed by atoms with Crippen LogP contribution in [-0.2, 0) is 16.0 Å². The summed E-state index contributed by atoms with van der Waals surface area (Å²) in [6.45, 7) is 5.14. The summed E-state index contributed by atoms with van der Waals surface area (Å²) in [7, 11) is 0. The summed E-state index contributed by atoms with van der Waals surface area (Å²) in [5.41, 5.74) is 0.915. The third-order valence-electron chi connectivity index (χ3n) is 3.14. The maximum atomic E-state index is 11.8. The number of carbonyl (C=O) groups is 2. The number of carboxylic acid groups (broad SMARTS) is 1. The highest BCUT2D eigenvalue weighted by Gasteiger charge is 2.25. The minimum absolute atomic E-state index is 0.120. The van der Waals surface area contributed by atoms with Crippen molar-refractivity contribution in [3.8, 4) is 0 Å². The molecular weight excluding hydrogens is 320 g/mol. The SMILES string of the molecule is CC(C)(C)OC(=O)NC(Cc1c[nH]c2ccc(Cl)cc12)C(=O)O. The molecule has 0 fully saturated rings. The van der Waals surface area contributed by atoms with Crippen molar-refractivity contribution in [1.82, 2.24) is 10.3 Å². The van der Waals surface area contributed by atoms with Crippen molar-refractivity contribution in [2.75, 3.05) is 0 Å². The number of carboxylic acids is 1. The molecule has 1 heterocycles. The summed E-state index contributed by atoms with van der Waals surface area (Å²) in [6.07, 6.45) is 1.07. The van der Waals surface area contributed by atoms with E-state index in [1.165, 1.54) is 0 Å². The summed E-state index contributed by atoms with van der Waals surface area (Å²) in [5.74, 6) is -1.13. The Kier molecular flexibility index (Phi) is 4.85. The van der Waals surface area contributed by atoms with E-state index in [0.717, 1.165) is 16.5 Å². The molecule has 0 bridgehead atoms. The van der Waals surface area contributed by atoms with Crippen molar-refractivity contribution < 1.29 is 19.4 Å². The molecule has 1 unspecified atom stereocenters. The summed E-state index contributed by atoms with van der Waals surface area (Å²) >= 11 is 5.98. The topological polar surface area (TPSA) is 91.4 Å². The van der Waals surface area contributed by atoms with Crippen LogP contribution < -0.4 is 5.32 Å². The van der Waals surface area contributed by atoms with Gasteiger partial charge in [-0.05, 0) is 44.5 Å². The Morgan fingerprint density at radius 2 is 2.09 bits per heavy atom. The highest BCUT2D eigenvalue weighted by molar-refractivity contribution is 6.31. The number of aromatic nitrogens is 1. The van der Waals surface area contributed by atoms with Gasteiger partial charge in [0.15, 0.2) is 0 Å². The largest absolute Gasteiger partial charge is 0.480 e. The fraction of sp³-hybridized carbons (Fsp3) is 0.375. The highest BCUT2D eigenvalue weighted by Crippen LogP contribution is 2.23. The van der Waals surface area contributed by atoms with Gasteiger partial charge in [-0.1, -0.05) is 11.6 Å². The Hall–Kier alpha value is -2.21. The molecule has 1 amide bonds. The number of ether oxygens (including phenoxy) is 1. The number of H-pyrrole nitrogens is 1. The van der Waals surface area contributed by atoms with Gasteiger partial charge in [0.1, 0.15) is 11.6 Å². The van der Waals surface area contributed by atoms with Gasteiger partial charge in [0.2, 0.25) is 0 Å². The normalized spacial score (nSPS) is 12.9. The zero-order valence-corrected chi connectivity index (χ0v) is 13.9. The average Bonchev–Trinajstić information content (AvgIpc) is 2.78. The Morgan fingerprint density at radius 1 is 1.39 bits per heavy atom. The lowest BCUT2D eigenvalue weighted by atomic mass is 10.1. The van der Waals surface area contributed by atoms with Crippen molar-refractivity contribution in [3.05, 3.63) is 35.0 Å². The van der Waals surface area contributed by atoms with Crippen molar-refractivity contribution in [1.29, 1.82) is 0 Å². The van der Waals surface area contributed by atoms with Crippen LogP contribution in [0.5, 0.6) is 0 Å². The fourth-order valence-corrected chi connectivity index (χ4v) is 2.36. The number of alkyl carbamates (subject to hydrolysis) is 1. The van der Waals surface area contributed by atoms with Gasteiger partial charge in [-0.25, -0.2) is 9.59 Å². The monoisotopic (exact) mass is 338 g/mol. The quantitative estimate of drug-likeness (QED) is 0.797. The molecule has 2 aromatic rings. The van der Waals surface area contributed by atoms with Crippen molar-refractivity contribution in [2.24, 2.45) is 0 Å². The summed E-state index contributed by atoms with van der Waals surface area (Å²) in [6, 6.07) is 4.23. The second-order valence-corrected chi connectivity index (χ2v) is 6.68. The molecule has 0 aliphatic rings. The molecule has 1 aromatic carbocycles. The number of aromatic amines is 1. The first kappa shape index (κ1) is 17.1. The van der Waals surface area contributed by atoms with E-state index in [9.17, 15) is 14.7 Å². The van der Waals surface area contributed by atoms with Crippen LogP contribution in [0, 0.1) is 0 Å². The molecule has 0 saturated carbocycles. The summed E-state index contributed by atoms with van der Waals surface area (Å²) in [5, 5.41) is 13.1. The molecule has 7 heteroatoms. The number of hydrogen-bond donors (Lipinski definition) is 3. The molecule has 3 N–H and O–H groups in total. The predicted molar refractivity (Wildman–Crippen MR) is 87.8 cm³/mol. The minimum Gasteiger partial charge on any atom is -0.480 e. The zero-order chi connectivity index (χ0) is 17.2.